The van der Waals surface area contributed by atoms with Crippen LogP contribution in [0.5, 0.6) is 0 Å². The third kappa shape index (κ3) is 2.10. The largest absolute Gasteiger partial charge is 0.465 e. The minimum Gasteiger partial charge on any atom is -0.465 e. The van der Waals surface area contributed by atoms with Crippen LogP contribution in [0.25, 0.3) is 0 Å². The molecule has 1 heterocycles. The van der Waals surface area contributed by atoms with Crippen molar-refractivity contribution in [3.63, 3.8) is 0 Å². The van der Waals surface area contributed by atoms with Crippen LogP contribution < -0.4 is 0 Å². The van der Waals surface area contributed by atoms with E-state index >= 15 is 0 Å². The fraction of sp³-hybridized carbons (Fsp3) is 0.250. The minimum atomic E-state index is -4.83. The summed E-state index contributed by atoms with van der Waals surface area (Å²) in [5, 5.41) is 8.33. The molecule has 0 unspecified atom stereocenters. The number of nitrogens with zero attached hydrogens (tertiary/aromatic N) is 1. The molecule has 0 atom stereocenters. The number of nitriles is 1. The fourth-order valence-corrected chi connectivity index (χ4v) is 0.918. The summed E-state index contributed by atoms with van der Waals surface area (Å²) in [6.07, 6.45) is -4.83. The highest BCUT2D eigenvalue weighted by molar-refractivity contribution is 5.91. The molecule has 0 bridgehead atoms. The summed E-state index contributed by atoms with van der Waals surface area (Å²) < 4.78 is 45.1. The highest BCUT2D eigenvalue weighted by Gasteiger charge is 2.40. The smallest absolute Gasteiger partial charge is 0.450 e. The lowest BCUT2D eigenvalue weighted by atomic mass is 10.2. The molecule has 7 heteroatoms. The van der Waals surface area contributed by atoms with Gasteiger partial charge in [-0.3, -0.25) is 0 Å². The predicted molar refractivity (Wildman–Crippen MR) is 39.8 cm³/mol. The van der Waals surface area contributed by atoms with Gasteiger partial charge in [0.1, 0.15) is 11.6 Å². The van der Waals surface area contributed by atoms with E-state index in [1.165, 1.54) is 6.07 Å². The number of carbonyl (C=O) groups excluding carboxylic acids is 1. The molecular weight excluding hydrogens is 215 g/mol. The Labute approximate surface area is 81.8 Å². The number of furan rings is 1. The lowest BCUT2D eigenvalue weighted by molar-refractivity contribution is -0.153. The van der Waals surface area contributed by atoms with Crippen LogP contribution in [-0.2, 0) is 10.9 Å². The first-order valence-electron chi connectivity index (χ1n) is 3.59. The molecule has 0 aliphatic heterocycles. The van der Waals surface area contributed by atoms with Crippen molar-refractivity contribution in [1.29, 1.82) is 5.26 Å². The van der Waals surface area contributed by atoms with E-state index in [9.17, 15) is 18.0 Å². The zero-order valence-corrected chi connectivity index (χ0v) is 7.38. The molecule has 15 heavy (non-hydrogen) atoms. The van der Waals surface area contributed by atoms with Gasteiger partial charge >= 0.3 is 12.1 Å². The van der Waals surface area contributed by atoms with Crippen molar-refractivity contribution in [2.75, 3.05) is 7.11 Å². The molecule has 0 amide bonds. The Morgan fingerprint density at radius 3 is 2.60 bits per heavy atom. The van der Waals surface area contributed by atoms with Gasteiger partial charge in [0.05, 0.1) is 7.11 Å². The van der Waals surface area contributed by atoms with Gasteiger partial charge in [0, 0.05) is 6.07 Å². The summed E-state index contributed by atoms with van der Waals surface area (Å²) in [6.45, 7) is 0. The summed E-state index contributed by atoms with van der Waals surface area (Å²) in [5.41, 5.74) is -0.804. The molecule has 0 aliphatic rings. The highest BCUT2D eigenvalue weighted by Crippen LogP contribution is 2.34. The maximum absolute atomic E-state index is 12.3. The van der Waals surface area contributed by atoms with E-state index in [0.717, 1.165) is 7.11 Å². The van der Waals surface area contributed by atoms with Crippen LogP contribution >= 0.6 is 0 Å². The molecule has 0 saturated carbocycles. The summed E-state index contributed by atoms with van der Waals surface area (Å²) in [4.78, 5) is 10.9. The van der Waals surface area contributed by atoms with E-state index in [0.29, 0.717) is 6.07 Å². The van der Waals surface area contributed by atoms with Crippen molar-refractivity contribution in [1.82, 2.24) is 0 Å². The second-order valence-electron chi connectivity index (χ2n) is 2.45. The van der Waals surface area contributed by atoms with Gasteiger partial charge in [0.15, 0.2) is 0 Å². The average Bonchev–Trinajstić information content (AvgIpc) is 2.59. The Balaban J connectivity index is 3.32. The quantitative estimate of drug-likeness (QED) is 0.677. The monoisotopic (exact) mass is 219 g/mol. The number of carbonyl (C=O) groups is 1. The van der Waals surface area contributed by atoms with Crippen LogP contribution in [-0.4, -0.2) is 13.1 Å². The third-order valence-corrected chi connectivity index (χ3v) is 1.51. The number of halogens is 3. The van der Waals surface area contributed by atoms with Crippen molar-refractivity contribution in [2.45, 2.75) is 6.18 Å². The van der Waals surface area contributed by atoms with Crippen LogP contribution in [0.4, 0.5) is 13.2 Å². The summed E-state index contributed by atoms with van der Waals surface area (Å²) in [7, 11) is 0.932. The van der Waals surface area contributed by atoms with Crippen molar-refractivity contribution in [3.8, 4) is 6.07 Å². The molecule has 0 aliphatic carbocycles. The van der Waals surface area contributed by atoms with Crippen LogP contribution in [0.15, 0.2) is 10.5 Å². The summed E-state index contributed by atoms with van der Waals surface area (Å²) in [5.74, 6) is -3.32. The molecular formula is C8H4F3NO3. The molecule has 4 nitrogen and oxygen atoms in total. The van der Waals surface area contributed by atoms with E-state index < -0.39 is 29.2 Å². The van der Waals surface area contributed by atoms with E-state index in [1.54, 1.807) is 0 Å². The maximum Gasteiger partial charge on any atom is 0.450 e. The predicted octanol–water partition coefficient (Wildman–Crippen LogP) is 1.96. The van der Waals surface area contributed by atoms with E-state index in [2.05, 4.69) is 9.15 Å². The zero-order chi connectivity index (χ0) is 11.6. The first-order valence-corrected chi connectivity index (χ1v) is 3.59. The second-order valence-corrected chi connectivity index (χ2v) is 2.45. The highest BCUT2D eigenvalue weighted by atomic mass is 19.4. The SMILES string of the molecule is COC(=O)c1cc(C#N)oc1C(F)(F)F. The van der Waals surface area contributed by atoms with Crippen LogP contribution in [0.1, 0.15) is 21.9 Å². The van der Waals surface area contributed by atoms with Gasteiger partial charge in [-0.25, -0.2) is 4.79 Å². The normalized spacial score (nSPS) is 10.9. The zero-order valence-electron chi connectivity index (χ0n) is 7.38. The molecule has 80 valence electrons. The average molecular weight is 219 g/mol. The van der Waals surface area contributed by atoms with E-state index in [4.69, 9.17) is 5.26 Å². The minimum absolute atomic E-state index is 0.595. The van der Waals surface area contributed by atoms with Crippen molar-refractivity contribution in [2.24, 2.45) is 0 Å². The Morgan fingerprint density at radius 1 is 1.60 bits per heavy atom. The molecule has 0 N–H and O–H groups in total. The van der Waals surface area contributed by atoms with Gasteiger partial charge < -0.3 is 9.15 Å². The Hall–Kier alpha value is -1.97. The first-order chi connectivity index (χ1) is 6.90. The maximum atomic E-state index is 12.3. The van der Waals surface area contributed by atoms with Crippen molar-refractivity contribution in [3.05, 3.63) is 23.2 Å². The first kappa shape index (κ1) is 11.1. The number of ether oxygens (including phenoxy) is 1. The van der Waals surface area contributed by atoms with E-state index in [1.807, 2.05) is 0 Å². The molecule has 1 rings (SSSR count). The number of hydrogen-bond donors (Lipinski definition) is 0. The van der Waals surface area contributed by atoms with Crippen LogP contribution in [0, 0.1) is 11.3 Å². The van der Waals surface area contributed by atoms with Gasteiger partial charge in [-0.15, -0.1) is 0 Å². The summed E-state index contributed by atoms with van der Waals surface area (Å²) >= 11 is 0. The fourth-order valence-electron chi connectivity index (χ4n) is 0.918. The second kappa shape index (κ2) is 3.65. The lowest BCUT2D eigenvalue weighted by Gasteiger charge is -2.03. The van der Waals surface area contributed by atoms with E-state index in [-0.39, 0.29) is 0 Å². The number of rotatable bonds is 1. The topological polar surface area (TPSA) is 63.2 Å². The van der Waals surface area contributed by atoms with Crippen LogP contribution in [0.2, 0.25) is 0 Å². The molecule has 0 saturated heterocycles. The Morgan fingerprint density at radius 2 is 2.20 bits per heavy atom. The number of esters is 1. The number of alkyl halides is 3. The Bertz CT molecular complexity index is 427. The third-order valence-electron chi connectivity index (χ3n) is 1.51. The molecule has 0 radical (unpaired) electrons. The molecule has 0 aromatic carbocycles. The number of methoxy groups -OCH3 is 1. The van der Waals surface area contributed by atoms with Gasteiger partial charge in [0.2, 0.25) is 11.5 Å². The van der Waals surface area contributed by atoms with Gasteiger partial charge in [0.25, 0.3) is 0 Å². The van der Waals surface area contributed by atoms with Gasteiger partial charge in [-0.1, -0.05) is 0 Å². The Kier molecular flexibility index (Phi) is 2.70. The molecule has 1 aromatic heterocycles. The number of hydrogen-bond acceptors (Lipinski definition) is 4. The molecule has 0 fully saturated rings. The molecule has 1 aromatic rings. The summed E-state index contributed by atoms with van der Waals surface area (Å²) in [6, 6.07) is 2.05. The van der Waals surface area contributed by atoms with Crippen LogP contribution in [0.3, 0.4) is 0 Å². The van der Waals surface area contributed by atoms with Crippen molar-refractivity contribution >= 4 is 5.97 Å². The van der Waals surface area contributed by atoms with Gasteiger partial charge in [-0.05, 0) is 0 Å². The lowest BCUT2D eigenvalue weighted by Crippen LogP contribution is -2.11. The standard InChI is InChI=1S/C8H4F3NO3/c1-14-7(13)5-2-4(3-12)15-6(5)8(9,10)11/h2H,1H3. The molecule has 0 spiro atoms. The van der Waals surface area contributed by atoms with Gasteiger partial charge in [-0.2, -0.15) is 18.4 Å². The van der Waals surface area contributed by atoms with Crippen molar-refractivity contribution < 1.29 is 27.1 Å².